The van der Waals surface area contributed by atoms with Crippen LogP contribution in [0.15, 0.2) is 0 Å². The van der Waals surface area contributed by atoms with E-state index in [-0.39, 0.29) is 17.5 Å². The van der Waals surface area contributed by atoms with E-state index in [9.17, 15) is 4.79 Å². The number of hydrogen-bond donors (Lipinski definition) is 1. The van der Waals surface area contributed by atoms with Crippen molar-refractivity contribution in [2.24, 2.45) is 5.41 Å². The van der Waals surface area contributed by atoms with Crippen LogP contribution in [-0.4, -0.2) is 25.2 Å². The topological polar surface area (TPSA) is 38.3 Å². The van der Waals surface area contributed by atoms with Gasteiger partial charge in [-0.05, 0) is 45.7 Å². The summed E-state index contributed by atoms with van der Waals surface area (Å²) in [6, 6.07) is 0. The third kappa shape index (κ3) is 3.21. The molecule has 0 aromatic carbocycles. The van der Waals surface area contributed by atoms with Crippen molar-refractivity contribution in [1.82, 2.24) is 5.32 Å². The lowest BCUT2D eigenvalue weighted by molar-refractivity contribution is -0.163. The molecule has 1 fully saturated rings. The van der Waals surface area contributed by atoms with Crippen molar-refractivity contribution in [3.63, 3.8) is 0 Å². The summed E-state index contributed by atoms with van der Waals surface area (Å²) in [7, 11) is 0. The molecule has 0 saturated carbocycles. The maximum absolute atomic E-state index is 12.2. The fraction of sp³-hybridized carbons (Fsp3) is 0.923. The Hall–Kier alpha value is -0.570. The molecule has 1 rings (SSSR count). The maximum Gasteiger partial charge on any atom is 0.312 e. The van der Waals surface area contributed by atoms with E-state index in [0.717, 1.165) is 45.2 Å². The lowest BCUT2D eigenvalue weighted by Crippen LogP contribution is -2.43. The van der Waals surface area contributed by atoms with E-state index < -0.39 is 0 Å². The van der Waals surface area contributed by atoms with E-state index in [2.05, 4.69) is 12.2 Å². The molecule has 0 bridgehead atoms. The molecule has 0 aliphatic carbocycles. The lowest BCUT2D eigenvalue weighted by Gasteiger charge is -2.36. The minimum absolute atomic E-state index is 0.0326. The first kappa shape index (κ1) is 13.5. The van der Waals surface area contributed by atoms with Crippen LogP contribution < -0.4 is 5.32 Å². The predicted octanol–water partition coefficient (Wildman–Crippen LogP) is 2.50. The Morgan fingerprint density at radius 1 is 1.38 bits per heavy atom. The van der Waals surface area contributed by atoms with Crippen molar-refractivity contribution in [3.05, 3.63) is 0 Å². The molecule has 1 aliphatic rings. The van der Waals surface area contributed by atoms with Crippen LogP contribution in [-0.2, 0) is 9.53 Å². The van der Waals surface area contributed by atoms with Crippen molar-refractivity contribution >= 4 is 5.97 Å². The Morgan fingerprint density at radius 2 is 2.00 bits per heavy atom. The monoisotopic (exact) mass is 227 g/mol. The minimum Gasteiger partial charge on any atom is -0.462 e. The van der Waals surface area contributed by atoms with E-state index >= 15 is 0 Å². The smallest absolute Gasteiger partial charge is 0.312 e. The molecule has 16 heavy (non-hydrogen) atoms. The molecule has 1 unspecified atom stereocenters. The highest BCUT2D eigenvalue weighted by Gasteiger charge is 2.40. The van der Waals surface area contributed by atoms with Gasteiger partial charge in [0.15, 0.2) is 0 Å². The van der Waals surface area contributed by atoms with E-state index in [4.69, 9.17) is 4.74 Å². The second-order valence-corrected chi connectivity index (χ2v) is 4.90. The number of rotatable bonds is 5. The van der Waals surface area contributed by atoms with E-state index in [1.807, 2.05) is 13.8 Å². The number of carbonyl (C=O) groups is 1. The van der Waals surface area contributed by atoms with Crippen LogP contribution >= 0.6 is 0 Å². The summed E-state index contributed by atoms with van der Waals surface area (Å²) in [5.74, 6) is 0.0326. The quantitative estimate of drug-likeness (QED) is 0.733. The van der Waals surface area contributed by atoms with Gasteiger partial charge in [0, 0.05) is 0 Å². The fourth-order valence-corrected chi connectivity index (χ4v) is 2.33. The van der Waals surface area contributed by atoms with Gasteiger partial charge in [-0.25, -0.2) is 0 Å². The highest BCUT2D eigenvalue weighted by atomic mass is 16.5. The number of ether oxygens (including phenoxy) is 1. The van der Waals surface area contributed by atoms with Crippen LogP contribution in [0.2, 0.25) is 0 Å². The van der Waals surface area contributed by atoms with E-state index in [1.54, 1.807) is 0 Å². The molecule has 0 amide bonds. The normalized spacial score (nSPS) is 21.4. The average Bonchev–Trinajstić information content (AvgIpc) is 2.30. The average molecular weight is 227 g/mol. The molecule has 3 nitrogen and oxygen atoms in total. The van der Waals surface area contributed by atoms with Crippen molar-refractivity contribution in [2.75, 3.05) is 13.1 Å². The zero-order chi connectivity index (χ0) is 12.0. The molecule has 1 atom stereocenters. The van der Waals surface area contributed by atoms with Crippen LogP contribution in [0.25, 0.3) is 0 Å². The van der Waals surface area contributed by atoms with Crippen LogP contribution in [0.4, 0.5) is 0 Å². The Labute approximate surface area is 98.9 Å². The number of carbonyl (C=O) groups excluding carboxylic acids is 1. The van der Waals surface area contributed by atoms with Crippen LogP contribution in [0.5, 0.6) is 0 Å². The van der Waals surface area contributed by atoms with Crippen LogP contribution in [0.3, 0.4) is 0 Å². The van der Waals surface area contributed by atoms with Gasteiger partial charge in [0.1, 0.15) is 0 Å². The molecule has 0 spiro atoms. The standard InChI is InChI=1S/C13H25NO2/c1-4-6-13(7-9-14-10-8-13)12(15)16-11(3)5-2/h11,14H,4-10H2,1-3H3. The Kier molecular flexibility index (Phi) is 5.26. The largest absolute Gasteiger partial charge is 0.462 e. The van der Waals surface area contributed by atoms with Gasteiger partial charge in [0.2, 0.25) is 0 Å². The van der Waals surface area contributed by atoms with Gasteiger partial charge in [0.25, 0.3) is 0 Å². The number of esters is 1. The molecule has 0 radical (unpaired) electrons. The zero-order valence-corrected chi connectivity index (χ0v) is 10.8. The Balaban J connectivity index is 2.64. The van der Waals surface area contributed by atoms with Crippen LogP contribution in [0.1, 0.15) is 52.9 Å². The highest BCUT2D eigenvalue weighted by molar-refractivity contribution is 5.77. The summed E-state index contributed by atoms with van der Waals surface area (Å²) in [5, 5.41) is 3.31. The number of hydrogen-bond acceptors (Lipinski definition) is 3. The summed E-state index contributed by atoms with van der Waals surface area (Å²) in [4.78, 5) is 12.2. The molecular formula is C13H25NO2. The van der Waals surface area contributed by atoms with Crippen molar-refractivity contribution in [2.45, 2.75) is 59.0 Å². The minimum atomic E-state index is -0.205. The predicted molar refractivity (Wildman–Crippen MR) is 65.3 cm³/mol. The Bertz CT molecular complexity index is 216. The molecular weight excluding hydrogens is 202 g/mol. The highest BCUT2D eigenvalue weighted by Crippen LogP contribution is 2.35. The van der Waals surface area contributed by atoms with E-state index in [1.165, 1.54) is 0 Å². The van der Waals surface area contributed by atoms with Crippen molar-refractivity contribution in [3.8, 4) is 0 Å². The third-order valence-corrected chi connectivity index (χ3v) is 3.61. The number of nitrogens with one attached hydrogen (secondary N) is 1. The summed E-state index contributed by atoms with van der Waals surface area (Å²) < 4.78 is 5.53. The second-order valence-electron chi connectivity index (χ2n) is 4.90. The van der Waals surface area contributed by atoms with E-state index in [0.29, 0.717) is 0 Å². The molecule has 1 aliphatic heterocycles. The molecule has 94 valence electrons. The summed E-state index contributed by atoms with van der Waals surface area (Å²) >= 11 is 0. The molecule has 0 aromatic heterocycles. The Morgan fingerprint density at radius 3 is 2.50 bits per heavy atom. The first-order valence-corrected chi connectivity index (χ1v) is 6.56. The van der Waals surface area contributed by atoms with Crippen molar-refractivity contribution in [1.29, 1.82) is 0 Å². The maximum atomic E-state index is 12.2. The zero-order valence-electron chi connectivity index (χ0n) is 10.8. The van der Waals surface area contributed by atoms with Gasteiger partial charge >= 0.3 is 5.97 Å². The van der Waals surface area contributed by atoms with Gasteiger partial charge in [-0.1, -0.05) is 20.3 Å². The van der Waals surface area contributed by atoms with Crippen molar-refractivity contribution < 1.29 is 9.53 Å². The second kappa shape index (κ2) is 6.24. The summed E-state index contributed by atoms with van der Waals surface area (Å²) in [5.41, 5.74) is -0.205. The molecule has 1 heterocycles. The van der Waals surface area contributed by atoms with Gasteiger partial charge < -0.3 is 10.1 Å². The first-order chi connectivity index (χ1) is 7.64. The molecule has 1 N–H and O–H groups in total. The fourth-order valence-electron chi connectivity index (χ4n) is 2.33. The van der Waals surface area contributed by atoms with Gasteiger partial charge in [0.05, 0.1) is 11.5 Å². The third-order valence-electron chi connectivity index (χ3n) is 3.61. The van der Waals surface area contributed by atoms with Gasteiger partial charge in [-0.2, -0.15) is 0 Å². The molecule has 0 aromatic rings. The molecule has 3 heteroatoms. The van der Waals surface area contributed by atoms with Gasteiger partial charge in [-0.3, -0.25) is 4.79 Å². The van der Waals surface area contributed by atoms with Gasteiger partial charge in [-0.15, -0.1) is 0 Å². The first-order valence-electron chi connectivity index (χ1n) is 6.56. The summed E-state index contributed by atoms with van der Waals surface area (Å²) in [6.45, 7) is 8.04. The SMILES string of the molecule is CCCC1(C(=O)OC(C)CC)CCNCC1. The van der Waals surface area contributed by atoms with Crippen LogP contribution in [0, 0.1) is 5.41 Å². The summed E-state index contributed by atoms with van der Waals surface area (Å²) in [6.07, 6.45) is 4.81. The lowest BCUT2D eigenvalue weighted by atomic mass is 9.75. The molecule has 1 saturated heterocycles. The number of piperidine rings is 1.